The minimum Gasteiger partial charge on any atom is -1.00 e. The summed E-state index contributed by atoms with van der Waals surface area (Å²) >= 11 is 0. The Morgan fingerprint density at radius 2 is 0.814 bits per heavy atom. The van der Waals surface area contributed by atoms with Gasteiger partial charge in [-0.1, -0.05) is 66.7 Å². The zero-order valence-electron chi connectivity index (χ0n) is 22.3. The number of rotatable bonds is 4. The molecule has 0 atom stereocenters. The van der Waals surface area contributed by atoms with Gasteiger partial charge in [-0.15, -0.1) is 0 Å². The van der Waals surface area contributed by atoms with Crippen LogP contribution >= 0.6 is 0 Å². The zero-order valence-corrected chi connectivity index (χ0v) is 24.8. The molecule has 3 aromatic heterocycles. The molecule has 0 aliphatic carbocycles. The Morgan fingerprint density at radius 1 is 0.442 bits per heavy atom. The van der Waals surface area contributed by atoms with Gasteiger partial charge in [0.15, 0.2) is 11.6 Å². The van der Waals surface area contributed by atoms with Crippen molar-refractivity contribution in [3.63, 3.8) is 0 Å². The number of aromatic nitrogens is 5. The van der Waals surface area contributed by atoms with Gasteiger partial charge in [0, 0.05) is 11.1 Å². The van der Waals surface area contributed by atoms with Gasteiger partial charge in [-0.2, -0.15) is 0 Å². The van der Waals surface area contributed by atoms with E-state index in [1.165, 1.54) is 0 Å². The second kappa shape index (κ2) is 13.1. The van der Waals surface area contributed by atoms with Crippen LogP contribution in [0, 0.1) is 0 Å². The summed E-state index contributed by atoms with van der Waals surface area (Å²) in [5.41, 5.74) is 4.79. The number of nitrogens with zero attached hydrogens (tertiary/aromatic N) is 5. The van der Waals surface area contributed by atoms with Crippen LogP contribution in [-0.4, -0.2) is 35.9 Å². The number of para-hydroxylation sites is 4. The predicted molar refractivity (Wildman–Crippen MR) is 154 cm³/mol. The first kappa shape index (κ1) is 31.3. The molecule has 0 saturated heterocycles. The molecule has 43 heavy (non-hydrogen) atoms. The number of carbonyl (C=O) groups excluding carboxylic acids is 2. The molecule has 0 N–H and O–H groups in total. The second-order valence-corrected chi connectivity index (χ2v) is 9.27. The van der Waals surface area contributed by atoms with Gasteiger partial charge in [0.25, 0.3) is 11.8 Å². The van der Waals surface area contributed by atoms with Crippen molar-refractivity contribution in [1.29, 1.82) is 0 Å². The van der Waals surface area contributed by atoms with E-state index in [9.17, 15) is 9.59 Å². The van der Waals surface area contributed by atoms with Crippen LogP contribution in [0.25, 0.3) is 45.1 Å². The maximum Gasteiger partial charge on any atom is 2.00 e. The van der Waals surface area contributed by atoms with E-state index >= 15 is 0 Å². The van der Waals surface area contributed by atoms with Crippen molar-refractivity contribution >= 4 is 33.9 Å². The fourth-order valence-electron chi connectivity index (χ4n) is 4.91. The molecule has 0 fully saturated rings. The van der Waals surface area contributed by atoms with Gasteiger partial charge in [-0.3, -0.25) is 18.7 Å². The Balaban J connectivity index is 0.00000141. The van der Waals surface area contributed by atoms with E-state index in [-0.39, 0.29) is 53.4 Å². The predicted octanol–water partition coefficient (Wildman–Crippen LogP) is 0.498. The first-order valence-electron chi connectivity index (χ1n) is 12.8. The van der Waals surface area contributed by atoms with Crippen molar-refractivity contribution in [2.24, 2.45) is 0 Å². The van der Waals surface area contributed by atoms with Crippen LogP contribution in [0.3, 0.4) is 0 Å². The maximum absolute atomic E-state index is 13.7. The summed E-state index contributed by atoms with van der Waals surface area (Å²) in [6.45, 7) is 0. The Hall–Kier alpha value is -4.60. The normalized spacial score (nSPS) is 10.4. The number of benzene rings is 4. The molecule has 0 unspecified atom stereocenters. The minimum absolute atomic E-state index is 0. The van der Waals surface area contributed by atoms with Crippen LogP contribution in [0.2, 0.25) is 0 Å². The van der Waals surface area contributed by atoms with Crippen molar-refractivity contribution in [3.8, 4) is 23.0 Å². The Labute approximate surface area is 269 Å². The summed E-state index contributed by atoms with van der Waals surface area (Å²) in [6.07, 6.45) is 0. The number of imidazole rings is 2. The van der Waals surface area contributed by atoms with Gasteiger partial charge in [-0.05, 0) is 60.7 Å². The quantitative estimate of drug-likeness (QED) is 0.278. The van der Waals surface area contributed by atoms with Crippen molar-refractivity contribution < 1.29 is 51.2 Å². The molecule has 0 aliphatic heterocycles. The monoisotopic (exact) mass is 648 g/mol. The van der Waals surface area contributed by atoms with E-state index < -0.39 is 0 Å². The maximum atomic E-state index is 13.7. The molecule has 0 aliphatic rings. The van der Waals surface area contributed by atoms with E-state index in [0.29, 0.717) is 56.2 Å². The number of hydrogen-bond acceptors (Lipinski definition) is 5. The van der Waals surface area contributed by atoms with E-state index in [1.807, 2.05) is 103 Å². The standard InChI is InChI=1S/C33H21N5O2.2ClH.Co/c39-32(22-12-3-1-4-13-22)37-28-20-9-7-16-24(28)35-30(37)26-18-11-19-27(34-26)31-36-25-17-8-10-21-29(25)38(31)33(40)23-14-5-2-6-15-23;;;/h1-21H;2*1H;/q;;;+2/p-2. The number of halogens is 2. The summed E-state index contributed by atoms with van der Waals surface area (Å²) in [4.78, 5) is 41.9. The zero-order chi connectivity index (χ0) is 27.1. The third-order valence-electron chi connectivity index (χ3n) is 6.78. The molecule has 7 aromatic rings. The SMILES string of the molecule is O=C(c1ccccc1)n1c(-c2cccc(-c3nc4ccccc4n3C(=O)c3ccccc3)n2)nc2ccccc21.[Cl-].[Cl-].[Co+2]. The third kappa shape index (κ3) is 5.61. The summed E-state index contributed by atoms with van der Waals surface area (Å²) in [6, 6.07) is 38.7. The molecular formula is C33H21Cl2CoN5O2. The molecular weight excluding hydrogens is 628 g/mol. The van der Waals surface area contributed by atoms with Gasteiger partial charge in [0.1, 0.15) is 11.4 Å². The molecule has 4 aromatic carbocycles. The van der Waals surface area contributed by atoms with E-state index in [1.54, 1.807) is 33.4 Å². The molecule has 7 rings (SSSR count). The van der Waals surface area contributed by atoms with Crippen LogP contribution in [-0.2, 0) is 16.8 Å². The number of carbonyl (C=O) groups is 2. The molecule has 0 spiro atoms. The van der Waals surface area contributed by atoms with Gasteiger partial charge in [0.05, 0.1) is 22.1 Å². The molecule has 0 amide bonds. The summed E-state index contributed by atoms with van der Waals surface area (Å²) in [5.74, 6) is 0.411. The number of fused-ring (bicyclic) bond motifs is 2. The van der Waals surface area contributed by atoms with Gasteiger partial charge >= 0.3 is 16.8 Å². The van der Waals surface area contributed by atoms with Crippen LogP contribution < -0.4 is 24.8 Å². The molecule has 0 bridgehead atoms. The fourth-order valence-corrected chi connectivity index (χ4v) is 4.91. The Bertz CT molecular complexity index is 1920. The average molecular weight is 649 g/mol. The topological polar surface area (TPSA) is 82.7 Å². The molecule has 1 radical (unpaired) electrons. The largest absolute Gasteiger partial charge is 2.00 e. The average Bonchev–Trinajstić information content (AvgIpc) is 3.61. The fraction of sp³-hybridized carbons (Fsp3) is 0. The van der Waals surface area contributed by atoms with Crippen LogP contribution in [0.15, 0.2) is 127 Å². The van der Waals surface area contributed by atoms with Crippen LogP contribution in [0.1, 0.15) is 20.7 Å². The summed E-state index contributed by atoms with van der Waals surface area (Å²) in [5, 5.41) is 0. The first-order valence-corrected chi connectivity index (χ1v) is 12.8. The summed E-state index contributed by atoms with van der Waals surface area (Å²) < 4.78 is 3.18. The van der Waals surface area contributed by atoms with Crippen molar-refractivity contribution in [2.45, 2.75) is 0 Å². The minimum atomic E-state index is -0.206. The second-order valence-electron chi connectivity index (χ2n) is 9.27. The Morgan fingerprint density at radius 3 is 1.23 bits per heavy atom. The van der Waals surface area contributed by atoms with Crippen molar-refractivity contribution in [2.75, 3.05) is 0 Å². The van der Waals surface area contributed by atoms with E-state index in [0.717, 1.165) is 0 Å². The number of hydrogen-bond donors (Lipinski definition) is 0. The third-order valence-corrected chi connectivity index (χ3v) is 6.78. The van der Waals surface area contributed by atoms with Gasteiger partial charge < -0.3 is 24.8 Å². The smallest absolute Gasteiger partial charge is 1.00 e. The summed E-state index contributed by atoms with van der Waals surface area (Å²) in [7, 11) is 0. The van der Waals surface area contributed by atoms with Gasteiger partial charge in [0.2, 0.25) is 0 Å². The van der Waals surface area contributed by atoms with Crippen molar-refractivity contribution in [3.05, 3.63) is 139 Å². The van der Waals surface area contributed by atoms with E-state index in [4.69, 9.17) is 15.0 Å². The molecule has 7 nitrogen and oxygen atoms in total. The van der Waals surface area contributed by atoms with E-state index in [2.05, 4.69) is 0 Å². The van der Waals surface area contributed by atoms with Gasteiger partial charge in [-0.25, -0.2) is 15.0 Å². The molecule has 0 saturated carbocycles. The first-order chi connectivity index (χ1) is 19.7. The molecule has 213 valence electrons. The molecule has 3 heterocycles. The number of pyridine rings is 1. The Kier molecular flexibility index (Phi) is 9.58. The molecule has 10 heteroatoms. The van der Waals surface area contributed by atoms with Crippen LogP contribution in [0.5, 0.6) is 0 Å². The van der Waals surface area contributed by atoms with Crippen molar-refractivity contribution in [1.82, 2.24) is 24.1 Å². The van der Waals surface area contributed by atoms with Crippen LogP contribution in [0.4, 0.5) is 0 Å².